The number of ether oxygens (including phenoxy) is 2. The Labute approximate surface area is 141 Å². The molecule has 2 saturated heterocycles. The minimum absolute atomic E-state index is 0.116. The van der Waals surface area contributed by atoms with Crippen LogP contribution in [-0.2, 0) is 16.1 Å². The summed E-state index contributed by atoms with van der Waals surface area (Å²) in [6.45, 7) is 3.11. The summed E-state index contributed by atoms with van der Waals surface area (Å²) in [5.74, 6) is 0.930. The molecular weight excluding hydrogens is 304 g/mol. The molecule has 4 heterocycles. The van der Waals surface area contributed by atoms with Gasteiger partial charge in [-0.25, -0.2) is 4.98 Å². The SMILES string of the molecule is c1cncc(CO[C@@H]2CO[C@@]3(CCCN(c4cnccn4)C3)C2)c1. The maximum absolute atomic E-state index is 6.20. The lowest BCUT2D eigenvalue weighted by Crippen LogP contribution is -2.48. The highest BCUT2D eigenvalue weighted by atomic mass is 16.6. The fourth-order valence-corrected chi connectivity index (χ4v) is 3.64. The summed E-state index contributed by atoms with van der Waals surface area (Å²) >= 11 is 0. The van der Waals surface area contributed by atoms with Crippen LogP contribution in [0.3, 0.4) is 0 Å². The van der Waals surface area contributed by atoms with Crippen LogP contribution < -0.4 is 4.90 Å². The lowest BCUT2D eigenvalue weighted by Gasteiger charge is -2.40. The van der Waals surface area contributed by atoms with Gasteiger partial charge in [0.2, 0.25) is 0 Å². The zero-order valence-electron chi connectivity index (χ0n) is 13.7. The Balaban J connectivity index is 1.36. The molecule has 2 aliphatic heterocycles. The second kappa shape index (κ2) is 6.83. The largest absolute Gasteiger partial charge is 0.371 e. The van der Waals surface area contributed by atoms with Crippen molar-refractivity contribution < 1.29 is 9.47 Å². The van der Waals surface area contributed by atoms with Crippen LogP contribution in [0.4, 0.5) is 5.82 Å². The highest BCUT2D eigenvalue weighted by Crippen LogP contribution is 2.37. The van der Waals surface area contributed by atoms with Crippen LogP contribution in [-0.4, -0.2) is 46.4 Å². The molecule has 1 spiro atoms. The van der Waals surface area contributed by atoms with E-state index in [1.807, 2.05) is 24.5 Å². The molecule has 0 bridgehead atoms. The van der Waals surface area contributed by atoms with E-state index in [4.69, 9.17) is 9.47 Å². The standard InChI is InChI=1S/C18H22N4O2/c1-3-15(10-19-5-1)12-23-16-9-18(24-13-16)4-2-8-22(14-18)17-11-20-6-7-21-17/h1,3,5-7,10-11,16H,2,4,8-9,12-14H2/t16-,18-/m0/s1. The maximum Gasteiger partial charge on any atom is 0.147 e. The first-order chi connectivity index (χ1) is 11.8. The summed E-state index contributed by atoms with van der Waals surface area (Å²) < 4.78 is 12.2. The van der Waals surface area contributed by atoms with Gasteiger partial charge in [0, 0.05) is 44.3 Å². The van der Waals surface area contributed by atoms with Crippen molar-refractivity contribution >= 4 is 5.82 Å². The van der Waals surface area contributed by atoms with Gasteiger partial charge in [-0.15, -0.1) is 0 Å². The molecule has 0 N–H and O–H groups in total. The van der Waals surface area contributed by atoms with E-state index in [1.54, 1.807) is 18.6 Å². The van der Waals surface area contributed by atoms with E-state index >= 15 is 0 Å². The van der Waals surface area contributed by atoms with Gasteiger partial charge in [0.25, 0.3) is 0 Å². The predicted octanol–water partition coefficient (Wildman–Crippen LogP) is 2.22. The summed E-state index contributed by atoms with van der Waals surface area (Å²) in [6.07, 6.45) is 12.2. The minimum Gasteiger partial charge on any atom is -0.371 e. The number of aromatic nitrogens is 3. The molecule has 2 aliphatic rings. The summed E-state index contributed by atoms with van der Waals surface area (Å²) in [4.78, 5) is 15.0. The molecule has 2 aromatic heterocycles. The van der Waals surface area contributed by atoms with Crippen LogP contribution in [0, 0.1) is 0 Å². The molecule has 6 nitrogen and oxygen atoms in total. The predicted molar refractivity (Wildman–Crippen MR) is 89.6 cm³/mol. The van der Waals surface area contributed by atoms with Crippen LogP contribution in [0.15, 0.2) is 43.1 Å². The molecule has 2 fully saturated rings. The van der Waals surface area contributed by atoms with E-state index in [-0.39, 0.29) is 11.7 Å². The van der Waals surface area contributed by atoms with Gasteiger partial charge in [0.15, 0.2) is 0 Å². The van der Waals surface area contributed by atoms with Gasteiger partial charge < -0.3 is 14.4 Å². The average molecular weight is 326 g/mol. The molecule has 0 aromatic carbocycles. The van der Waals surface area contributed by atoms with Crippen LogP contribution in [0.1, 0.15) is 24.8 Å². The van der Waals surface area contributed by atoms with E-state index in [1.165, 1.54) is 0 Å². The van der Waals surface area contributed by atoms with Crippen molar-refractivity contribution in [2.75, 3.05) is 24.6 Å². The Morgan fingerprint density at radius 3 is 3.04 bits per heavy atom. The van der Waals surface area contributed by atoms with Crippen molar-refractivity contribution in [3.63, 3.8) is 0 Å². The fourth-order valence-electron chi connectivity index (χ4n) is 3.64. The van der Waals surface area contributed by atoms with Crippen molar-refractivity contribution in [3.05, 3.63) is 48.7 Å². The zero-order valence-corrected chi connectivity index (χ0v) is 13.7. The first kappa shape index (κ1) is 15.5. The highest BCUT2D eigenvalue weighted by molar-refractivity contribution is 5.36. The topological polar surface area (TPSA) is 60.4 Å². The second-order valence-corrected chi connectivity index (χ2v) is 6.58. The van der Waals surface area contributed by atoms with Crippen molar-refractivity contribution in [2.24, 2.45) is 0 Å². The molecular formula is C18H22N4O2. The Hall–Kier alpha value is -2.05. The molecule has 2 aromatic rings. The molecule has 0 saturated carbocycles. The molecule has 0 aliphatic carbocycles. The molecule has 0 unspecified atom stereocenters. The third kappa shape index (κ3) is 3.39. The van der Waals surface area contributed by atoms with E-state index in [9.17, 15) is 0 Å². The number of piperidine rings is 1. The fraction of sp³-hybridized carbons (Fsp3) is 0.500. The van der Waals surface area contributed by atoms with Crippen molar-refractivity contribution in [3.8, 4) is 0 Å². The van der Waals surface area contributed by atoms with Crippen molar-refractivity contribution in [1.82, 2.24) is 15.0 Å². The third-order valence-electron chi connectivity index (χ3n) is 4.80. The maximum atomic E-state index is 6.20. The molecule has 2 atom stereocenters. The summed E-state index contributed by atoms with van der Waals surface area (Å²) in [6, 6.07) is 3.97. The Morgan fingerprint density at radius 1 is 1.25 bits per heavy atom. The number of hydrogen-bond acceptors (Lipinski definition) is 6. The Kier molecular flexibility index (Phi) is 4.40. The summed E-state index contributed by atoms with van der Waals surface area (Å²) in [5.41, 5.74) is 0.985. The van der Waals surface area contributed by atoms with Gasteiger partial charge in [-0.2, -0.15) is 0 Å². The van der Waals surface area contributed by atoms with Gasteiger partial charge in [0.05, 0.1) is 31.1 Å². The molecule has 4 rings (SSSR count). The molecule has 0 radical (unpaired) electrons. The molecule has 6 heteroatoms. The lowest BCUT2D eigenvalue weighted by atomic mass is 9.89. The van der Waals surface area contributed by atoms with E-state index < -0.39 is 0 Å². The number of nitrogens with zero attached hydrogens (tertiary/aromatic N) is 4. The number of pyridine rings is 1. The number of rotatable bonds is 4. The molecule has 126 valence electrons. The number of hydrogen-bond donors (Lipinski definition) is 0. The van der Waals surface area contributed by atoms with Gasteiger partial charge in [-0.05, 0) is 24.5 Å². The monoisotopic (exact) mass is 326 g/mol. The zero-order chi connectivity index (χ0) is 16.2. The highest BCUT2D eigenvalue weighted by Gasteiger charge is 2.44. The first-order valence-corrected chi connectivity index (χ1v) is 8.48. The Bertz CT molecular complexity index is 655. The van der Waals surface area contributed by atoms with Crippen LogP contribution in [0.25, 0.3) is 0 Å². The average Bonchev–Trinajstić information content (AvgIpc) is 3.04. The van der Waals surface area contributed by atoms with Crippen LogP contribution in [0.5, 0.6) is 0 Å². The van der Waals surface area contributed by atoms with Crippen LogP contribution >= 0.6 is 0 Å². The first-order valence-electron chi connectivity index (χ1n) is 8.48. The second-order valence-electron chi connectivity index (χ2n) is 6.58. The van der Waals surface area contributed by atoms with Crippen LogP contribution in [0.2, 0.25) is 0 Å². The summed E-state index contributed by atoms with van der Waals surface area (Å²) in [7, 11) is 0. The van der Waals surface area contributed by atoms with E-state index in [0.717, 1.165) is 43.7 Å². The van der Waals surface area contributed by atoms with Crippen molar-refractivity contribution in [2.45, 2.75) is 37.6 Å². The Morgan fingerprint density at radius 2 is 2.21 bits per heavy atom. The molecule has 24 heavy (non-hydrogen) atoms. The van der Waals surface area contributed by atoms with Crippen molar-refractivity contribution in [1.29, 1.82) is 0 Å². The van der Waals surface area contributed by atoms with Gasteiger partial charge in [-0.1, -0.05) is 6.07 Å². The van der Waals surface area contributed by atoms with Gasteiger partial charge in [-0.3, -0.25) is 9.97 Å². The smallest absolute Gasteiger partial charge is 0.147 e. The van der Waals surface area contributed by atoms with Gasteiger partial charge in [0.1, 0.15) is 5.82 Å². The third-order valence-corrected chi connectivity index (χ3v) is 4.80. The lowest BCUT2D eigenvalue weighted by molar-refractivity contribution is -0.0137. The minimum atomic E-state index is -0.116. The summed E-state index contributed by atoms with van der Waals surface area (Å²) in [5, 5.41) is 0. The van der Waals surface area contributed by atoms with Gasteiger partial charge >= 0.3 is 0 Å². The number of anilines is 1. The van der Waals surface area contributed by atoms with E-state index in [2.05, 4.69) is 19.9 Å². The molecule has 0 amide bonds. The quantitative estimate of drug-likeness (QED) is 0.858. The normalized spacial score (nSPS) is 26.8. The van der Waals surface area contributed by atoms with E-state index in [0.29, 0.717) is 13.2 Å².